The molecule has 1 aromatic heterocycles. The zero-order valence-electron chi connectivity index (χ0n) is 9.77. The molecule has 5 nitrogen and oxygen atoms in total. The number of amides is 1. The van der Waals surface area contributed by atoms with Crippen molar-refractivity contribution in [2.75, 3.05) is 23.9 Å². The summed E-state index contributed by atoms with van der Waals surface area (Å²) in [5.74, 6) is 2.89. The molecule has 0 aliphatic carbocycles. The van der Waals surface area contributed by atoms with Gasteiger partial charge in [-0.15, -0.1) is 10.2 Å². The predicted octanol–water partition coefficient (Wildman–Crippen LogP) is 1.14. The molecule has 1 aliphatic heterocycles. The largest absolute Gasteiger partial charge is 0.365 e. The molecule has 17 heavy (non-hydrogen) atoms. The highest BCUT2D eigenvalue weighted by Crippen LogP contribution is 2.19. The van der Waals surface area contributed by atoms with Gasteiger partial charge in [0, 0.05) is 18.8 Å². The van der Waals surface area contributed by atoms with Gasteiger partial charge in [0.15, 0.2) is 5.69 Å². The van der Waals surface area contributed by atoms with Crippen molar-refractivity contribution in [3.05, 3.63) is 17.8 Å². The minimum Gasteiger partial charge on any atom is -0.365 e. The number of nitrogens with one attached hydrogen (secondary N) is 2. The molecule has 0 radical (unpaired) electrons. The second kappa shape index (κ2) is 5.86. The molecular weight excluding hydrogens is 236 g/mol. The number of hydrogen-bond acceptors (Lipinski definition) is 5. The lowest BCUT2D eigenvalue weighted by Gasteiger charge is -2.22. The molecule has 1 aliphatic rings. The van der Waals surface area contributed by atoms with Crippen molar-refractivity contribution in [3.63, 3.8) is 0 Å². The van der Waals surface area contributed by atoms with Crippen LogP contribution in [0.1, 0.15) is 23.3 Å². The van der Waals surface area contributed by atoms with Crippen LogP contribution in [0.4, 0.5) is 5.82 Å². The molecule has 2 N–H and O–H groups in total. The van der Waals surface area contributed by atoms with Gasteiger partial charge in [0.2, 0.25) is 0 Å². The van der Waals surface area contributed by atoms with Gasteiger partial charge >= 0.3 is 0 Å². The Morgan fingerprint density at radius 2 is 2.35 bits per heavy atom. The molecule has 92 valence electrons. The number of thioether (sulfide) groups is 1. The molecule has 6 heteroatoms. The molecule has 0 spiro atoms. The number of carbonyl (C=O) groups excluding carboxylic acids is 1. The number of carbonyl (C=O) groups is 1. The topological polar surface area (TPSA) is 66.9 Å². The van der Waals surface area contributed by atoms with Gasteiger partial charge in [-0.25, -0.2) is 0 Å². The van der Waals surface area contributed by atoms with Gasteiger partial charge in [0.05, 0.1) is 0 Å². The molecule has 1 fully saturated rings. The molecule has 0 saturated carbocycles. The molecule has 1 amide bonds. The van der Waals surface area contributed by atoms with Crippen LogP contribution in [0.15, 0.2) is 12.1 Å². The van der Waals surface area contributed by atoms with Crippen molar-refractivity contribution in [1.29, 1.82) is 0 Å². The number of aromatic nitrogens is 2. The first-order chi connectivity index (χ1) is 8.29. The van der Waals surface area contributed by atoms with Gasteiger partial charge in [-0.2, -0.15) is 11.8 Å². The van der Waals surface area contributed by atoms with Crippen LogP contribution in [0.5, 0.6) is 0 Å². The molecule has 2 heterocycles. The highest BCUT2D eigenvalue weighted by molar-refractivity contribution is 7.99. The van der Waals surface area contributed by atoms with E-state index in [1.165, 1.54) is 18.6 Å². The molecule has 1 atom stereocenters. The third-order valence-electron chi connectivity index (χ3n) is 2.64. The van der Waals surface area contributed by atoms with Crippen LogP contribution in [-0.4, -0.2) is 40.7 Å². The van der Waals surface area contributed by atoms with Crippen molar-refractivity contribution in [2.24, 2.45) is 0 Å². The molecule has 0 aromatic carbocycles. The summed E-state index contributed by atoms with van der Waals surface area (Å²) in [7, 11) is 1.58. The third-order valence-corrected chi connectivity index (χ3v) is 3.85. The van der Waals surface area contributed by atoms with Crippen LogP contribution in [0, 0.1) is 0 Å². The quantitative estimate of drug-likeness (QED) is 0.844. The first-order valence-corrected chi connectivity index (χ1v) is 6.85. The maximum absolute atomic E-state index is 11.3. The molecular formula is C11H16N4OS. The van der Waals surface area contributed by atoms with Crippen molar-refractivity contribution in [2.45, 2.75) is 18.9 Å². The van der Waals surface area contributed by atoms with E-state index in [0.717, 1.165) is 11.6 Å². The van der Waals surface area contributed by atoms with Gasteiger partial charge in [0.25, 0.3) is 5.91 Å². The maximum atomic E-state index is 11.3. The Labute approximate surface area is 105 Å². The fourth-order valence-corrected chi connectivity index (χ4v) is 2.79. The van der Waals surface area contributed by atoms with E-state index in [-0.39, 0.29) is 5.91 Å². The van der Waals surface area contributed by atoms with E-state index in [1.807, 2.05) is 11.8 Å². The van der Waals surface area contributed by atoms with Crippen LogP contribution in [0.2, 0.25) is 0 Å². The average molecular weight is 252 g/mol. The van der Waals surface area contributed by atoms with Gasteiger partial charge in [0.1, 0.15) is 5.82 Å². The molecule has 1 saturated heterocycles. The number of nitrogens with zero attached hydrogens (tertiary/aromatic N) is 2. The summed E-state index contributed by atoms with van der Waals surface area (Å²) in [6.07, 6.45) is 2.41. The molecule has 1 aromatic rings. The van der Waals surface area contributed by atoms with E-state index >= 15 is 0 Å². The summed E-state index contributed by atoms with van der Waals surface area (Å²) in [4.78, 5) is 11.3. The Morgan fingerprint density at radius 1 is 1.47 bits per heavy atom. The second-order valence-electron chi connectivity index (χ2n) is 3.94. The number of anilines is 1. The lowest BCUT2D eigenvalue weighted by Crippen LogP contribution is -2.26. The van der Waals surface area contributed by atoms with Gasteiger partial charge < -0.3 is 10.6 Å². The maximum Gasteiger partial charge on any atom is 0.271 e. The van der Waals surface area contributed by atoms with Crippen molar-refractivity contribution in [3.8, 4) is 0 Å². The van der Waals surface area contributed by atoms with E-state index in [2.05, 4.69) is 20.8 Å². The zero-order valence-corrected chi connectivity index (χ0v) is 10.6. The number of hydrogen-bond donors (Lipinski definition) is 2. The Balaban J connectivity index is 1.95. The Kier molecular flexibility index (Phi) is 4.19. The Bertz CT molecular complexity index is 376. The summed E-state index contributed by atoms with van der Waals surface area (Å²) >= 11 is 1.96. The third kappa shape index (κ3) is 3.33. The summed E-state index contributed by atoms with van der Waals surface area (Å²) in [6, 6.07) is 3.95. The Morgan fingerprint density at radius 3 is 2.94 bits per heavy atom. The van der Waals surface area contributed by atoms with E-state index < -0.39 is 0 Å². The van der Waals surface area contributed by atoms with Crippen LogP contribution in [0.25, 0.3) is 0 Å². The predicted molar refractivity (Wildman–Crippen MR) is 69.4 cm³/mol. The van der Waals surface area contributed by atoms with Gasteiger partial charge in [-0.05, 0) is 30.7 Å². The SMILES string of the molecule is CNC(=O)c1ccc(NC2CCCSC2)nn1. The first kappa shape index (κ1) is 12.2. The molecule has 1 unspecified atom stereocenters. The summed E-state index contributed by atoms with van der Waals surface area (Å²) in [6.45, 7) is 0. The summed E-state index contributed by atoms with van der Waals surface area (Å²) in [5, 5.41) is 13.7. The van der Waals surface area contributed by atoms with Crippen LogP contribution >= 0.6 is 11.8 Å². The smallest absolute Gasteiger partial charge is 0.271 e. The number of rotatable bonds is 3. The normalized spacial score (nSPS) is 19.7. The second-order valence-corrected chi connectivity index (χ2v) is 5.09. The highest BCUT2D eigenvalue weighted by Gasteiger charge is 2.14. The average Bonchev–Trinajstić information content (AvgIpc) is 2.40. The lowest BCUT2D eigenvalue weighted by molar-refractivity contribution is 0.0957. The fourth-order valence-electron chi connectivity index (χ4n) is 1.72. The van der Waals surface area contributed by atoms with E-state index in [4.69, 9.17) is 0 Å². The van der Waals surface area contributed by atoms with E-state index in [1.54, 1.807) is 19.2 Å². The minimum absolute atomic E-state index is 0.211. The van der Waals surface area contributed by atoms with E-state index in [0.29, 0.717) is 11.7 Å². The minimum atomic E-state index is -0.211. The first-order valence-electron chi connectivity index (χ1n) is 5.69. The van der Waals surface area contributed by atoms with Crippen LogP contribution < -0.4 is 10.6 Å². The Hall–Kier alpha value is -1.30. The molecule has 2 rings (SSSR count). The van der Waals surface area contributed by atoms with Crippen LogP contribution in [0.3, 0.4) is 0 Å². The van der Waals surface area contributed by atoms with Crippen molar-refractivity contribution < 1.29 is 4.79 Å². The fraction of sp³-hybridized carbons (Fsp3) is 0.545. The molecule has 0 bridgehead atoms. The van der Waals surface area contributed by atoms with Crippen molar-refractivity contribution in [1.82, 2.24) is 15.5 Å². The summed E-state index contributed by atoms with van der Waals surface area (Å²) < 4.78 is 0. The summed E-state index contributed by atoms with van der Waals surface area (Å²) in [5.41, 5.74) is 0.344. The standard InChI is InChI=1S/C11H16N4OS/c1-12-11(16)9-4-5-10(15-14-9)13-8-3-2-6-17-7-8/h4-5,8H,2-3,6-7H2,1H3,(H,12,16)(H,13,15). The lowest BCUT2D eigenvalue weighted by atomic mass is 10.2. The van der Waals surface area contributed by atoms with Crippen molar-refractivity contribution >= 4 is 23.5 Å². The van der Waals surface area contributed by atoms with Gasteiger partial charge in [-0.3, -0.25) is 4.79 Å². The zero-order chi connectivity index (χ0) is 12.1. The highest BCUT2D eigenvalue weighted by atomic mass is 32.2. The van der Waals surface area contributed by atoms with Crippen LogP contribution in [-0.2, 0) is 0 Å². The van der Waals surface area contributed by atoms with Gasteiger partial charge in [-0.1, -0.05) is 0 Å². The van der Waals surface area contributed by atoms with E-state index in [9.17, 15) is 4.79 Å². The monoisotopic (exact) mass is 252 g/mol.